The molecule has 0 aliphatic rings. The van der Waals surface area contributed by atoms with Gasteiger partial charge in [0.2, 0.25) is 5.88 Å². The Bertz CT molecular complexity index is 1100. The van der Waals surface area contributed by atoms with Crippen LogP contribution in [0.4, 0.5) is 0 Å². The molecule has 4 rings (SSSR count). The highest BCUT2D eigenvalue weighted by atomic mass is 35.5. The molecule has 1 aromatic carbocycles. The summed E-state index contributed by atoms with van der Waals surface area (Å²) in [5.74, 6) is 0.383. The van der Waals surface area contributed by atoms with Crippen LogP contribution in [0.3, 0.4) is 0 Å². The Balaban J connectivity index is 1.68. The summed E-state index contributed by atoms with van der Waals surface area (Å²) in [5.41, 5.74) is 6.46. The first-order valence-corrected chi connectivity index (χ1v) is 10.0. The number of hydrogen-bond donors (Lipinski definition) is 0. The highest BCUT2D eigenvalue weighted by Gasteiger charge is 2.16. The summed E-state index contributed by atoms with van der Waals surface area (Å²) in [6.07, 6.45) is 2.77. The Hall–Kier alpha value is -2.08. The van der Waals surface area contributed by atoms with Crippen LogP contribution in [0.25, 0.3) is 16.9 Å². The second-order valence-electron chi connectivity index (χ2n) is 6.38. The highest BCUT2D eigenvalue weighted by Crippen LogP contribution is 2.35. The SMILES string of the molecule is Cc1ccc(-c2nc3ccc(C)cn3c2CCOc2nsc(Cl)c2Cl)cc1. The third-order valence-corrected chi connectivity index (χ3v) is 5.91. The van der Waals surface area contributed by atoms with Crippen LogP contribution in [0.2, 0.25) is 9.36 Å². The van der Waals surface area contributed by atoms with Crippen molar-refractivity contribution >= 4 is 40.4 Å². The monoisotopic (exact) mass is 417 g/mol. The van der Waals surface area contributed by atoms with E-state index in [0.29, 0.717) is 28.3 Å². The molecule has 7 heteroatoms. The van der Waals surface area contributed by atoms with Gasteiger partial charge in [-0.15, -0.1) is 0 Å². The Labute approximate surface area is 171 Å². The quantitative estimate of drug-likeness (QED) is 0.399. The molecule has 0 aliphatic heterocycles. The second-order valence-corrected chi connectivity index (χ2v) is 8.14. The lowest BCUT2D eigenvalue weighted by Crippen LogP contribution is -2.05. The molecule has 0 spiro atoms. The number of halogens is 2. The summed E-state index contributed by atoms with van der Waals surface area (Å²) < 4.78 is 12.5. The molecule has 3 heterocycles. The third-order valence-electron chi connectivity index (χ3n) is 4.34. The maximum atomic E-state index is 6.10. The molecule has 27 heavy (non-hydrogen) atoms. The molecule has 0 unspecified atom stereocenters. The van der Waals surface area contributed by atoms with Crippen molar-refractivity contribution in [1.82, 2.24) is 13.8 Å². The molecule has 0 aliphatic carbocycles. The van der Waals surface area contributed by atoms with Gasteiger partial charge in [0.25, 0.3) is 0 Å². The summed E-state index contributed by atoms with van der Waals surface area (Å²) in [5, 5.41) is 0.370. The number of aryl methyl sites for hydroxylation is 2. The van der Waals surface area contributed by atoms with Gasteiger partial charge in [-0.05, 0) is 37.0 Å². The zero-order valence-corrected chi connectivity index (χ0v) is 17.2. The maximum Gasteiger partial charge on any atom is 0.245 e. The van der Waals surface area contributed by atoms with Crippen molar-refractivity contribution < 1.29 is 4.74 Å². The van der Waals surface area contributed by atoms with Crippen LogP contribution in [0.5, 0.6) is 5.88 Å². The van der Waals surface area contributed by atoms with Crippen LogP contribution >= 0.6 is 34.7 Å². The van der Waals surface area contributed by atoms with E-state index in [-0.39, 0.29) is 0 Å². The van der Waals surface area contributed by atoms with Crippen LogP contribution in [-0.4, -0.2) is 20.4 Å². The first kappa shape index (κ1) is 18.3. The van der Waals surface area contributed by atoms with Crippen molar-refractivity contribution in [3.63, 3.8) is 0 Å². The fraction of sp³-hybridized carbons (Fsp3) is 0.200. The molecule has 138 valence electrons. The molecule has 0 N–H and O–H groups in total. The van der Waals surface area contributed by atoms with Gasteiger partial charge in [-0.25, -0.2) is 4.98 Å². The van der Waals surface area contributed by atoms with Crippen molar-refractivity contribution in [2.75, 3.05) is 6.61 Å². The topological polar surface area (TPSA) is 39.4 Å². The number of fused-ring (bicyclic) bond motifs is 1. The summed E-state index contributed by atoms with van der Waals surface area (Å²) in [4.78, 5) is 4.85. The number of pyridine rings is 1. The van der Waals surface area contributed by atoms with E-state index in [4.69, 9.17) is 32.9 Å². The van der Waals surface area contributed by atoms with E-state index in [9.17, 15) is 0 Å². The predicted octanol–water partition coefficient (Wildman–Crippen LogP) is 6.00. The van der Waals surface area contributed by atoms with Gasteiger partial charge >= 0.3 is 0 Å². The van der Waals surface area contributed by atoms with E-state index < -0.39 is 0 Å². The Morgan fingerprint density at radius 3 is 2.48 bits per heavy atom. The molecular weight excluding hydrogens is 401 g/mol. The molecule has 0 saturated heterocycles. The molecule has 0 saturated carbocycles. The zero-order valence-electron chi connectivity index (χ0n) is 14.9. The van der Waals surface area contributed by atoms with Crippen LogP contribution in [0.1, 0.15) is 16.8 Å². The van der Waals surface area contributed by atoms with Gasteiger partial charge < -0.3 is 9.14 Å². The molecule has 4 nitrogen and oxygen atoms in total. The van der Waals surface area contributed by atoms with Crippen molar-refractivity contribution in [3.05, 3.63) is 68.8 Å². The van der Waals surface area contributed by atoms with E-state index in [0.717, 1.165) is 34.1 Å². The van der Waals surface area contributed by atoms with Crippen molar-refractivity contribution in [2.45, 2.75) is 20.3 Å². The molecule has 4 aromatic rings. The third kappa shape index (κ3) is 3.68. The molecular formula is C20H17Cl2N3OS. The molecule has 0 fully saturated rings. The molecule has 0 radical (unpaired) electrons. The first-order chi connectivity index (χ1) is 13.0. The Morgan fingerprint density at radius 2 is 1.78 bits per heavy atom. The van der Waals surface area contributed by atoms with E-state index >= 15 is 0 Å². The van der Waals surface area contributed by atoms with E-state index in [2.05, 4.69) is 59.2 Å². The first-order valence-electron chi connectivity index (χ1n) is 8.51. The second kappa shape index (κ2) is 7.50. The number of aromatic nitrogens is 3. The van der Waals surface area contributed by atoms with Gasteiger partial charge in [-0.3, -0.25) is 0 Å². The number of rotatable bonds is 5. The number of hydrogen-bond acceptors (Lipinski definition) is 4. The molecule has 0 amide bonds. The standard InChI is InChI=1S/C20H17Cl2N3OS/c1-12-3-6-14(7-4-12)18-15(25-11-13(2)5-8-16(25)23-18)9-10-26-20-17(21)19(22)27-24-20/h3-8,11H,9-10H2,1-2H3. The fourth-order valence-electron chi connectivity index (χ4n) is 2.96. The lowest BCUT2D eigenvalue weighted by molar-refractivity contribution is 0.311. The molecule has 3 aromatic heterocycles. The smallest absolute Gasteiger partial charge is 0.245 e. The minimum atomic E-state index is 0.370. The van der Waals surface area contributed by atoms with Gasteiger partial charge in [0.05, 0.1) is 18.0 Å². The normalized spacial score (nSPS) is 11.3. The van der Waals surface area contributed by atoms with Gasteiger partial charge in [-0.2, -0.15) is 4.37 Å². The van der Waals surface area contributed by atoms with Gasteiger partial charge in [0, 0.05) is 18.2 Å². The Kier molecular flexibility index (Phi) is 5.08. The maximum absolute atomic E-state index is 6.10. The predicted molar refractivity (Wildman–Crippen MR) is 111 cm³/mol. The summed E-state index contributed by atoms with van der Waals surface area (Å²) in [6, 6.07) is 12.5. The van der Waals surface area contributed by atoms with E-state index in [1.54, 1.807) is 0 Å². The van der Waals surface area contributed by atoms with Crippen LogP contribution < -0.4 is 4.74 Å². The number of nitrogens with zero attached hydrogens (tertiary/aromatic N) is 3. The molecule has 0 bridgehead atoms. The van der Waals surface area contributed by atoms with Crippen molar-refractivity contribution in [2.24, 2.45) is 0 Å². The van der Waals surface area contributed by atoms with Crippen LogP contribution in [-0.2, 0) is 6.42 Å². The largest absolute Gasteiger partial charge is 0.476 e. The van der Waals surface area contributed by atoms with Gasteiger partial charge in [-0.1, -0.05) is 59.1 Å². The van der Waals surface area contributed by atoms with Crippen molar-refractivity contribution in [1.29, 1.82) is 0 Å². The van der Waals surface area contributed by atoms with Crippen LogP contribution in [0.15, 0.2) is 42.6 Å². The minimum Gasteiger partial charge on any atom is -0.476 e. The summed E-state index contributed by atoms with van der Waals surface area (Å²) >= 11 is 13.2. The average molecular weight is 418 g/mol. The average Bonchev–Trinajstić information content (AvgIpc) is 3.17. The number of imidazole rings is 1. The fourth-order valence-corrected chi connectivity index (χ4v) is 3.87. The highest BCUT2D eigenvalue weighted by molar-refractivity contribution is 7.11. The van der Waals surface area contributed by atoms with Crippen LogP contribution in [0, 0.1) is 13.8 Å². The van der Waals surface area contributed by atoms with E-state index in [1.807, 2.05) is 6.07 Å². The zero-order chi connectivity index (χ0) is 19.0. The summed E-state index contributed by atoms with van der Waals surface area (Å²) in [7, 11) is 0. The minimum absolute atomic E-state index is 0.370. The molecule has 0 atom stereocenters. The summed E-state index contributed by atoms with van der Waals surface area (Å²) in [6.45, 7) is 4.58. The lowest BCUT2D eigenvalue weighted by atomic mass is 10.1. The van der Waals surface area contributed by atoms with Crippen molar-refractivity contribution in [3.8, 4) is 17.1 Å². The number of ether oxygens (including phenoxy) is 1. The Morgan fingerprint density at radius 1 is 1.04 bits per heavy atom. The van der Waals surface area contributed by atoms with E-state index in [1.165, 1.54) is 11.1 Å². The van der Waals surface area contributed by atoms with Gasteiger partial charge in [0.15, 0.2) is 0 Å². The number of benzene rings is 1. The lowest BCUT2D eigenvalue weighted by Gasteiger charge is -2.07. The van der Waals surface area contributed by atoms with Gasteiger partial charge in [0.1, 0.15) is 15.0 Å².